The summed E-state index contributed by atoms with van der Waals surface area (Å²) in [6.45, 7) is 4.44. The van der Waals surface area contributed by atoms with Crippen molar-refractivity contribution in [2.75, 3.05) is 11.1 Å². The number of nitrogens with zero attached hydrogens (tertiary/aromatic N) is 1. The average Bonchev–Trinajstić information content (AvgIpc) is 2.80. The lowest BCUT2D eigenvalue weighted by Crippen LogP contribution is -2.41. The summed E-state index contributed by atoms with van der Waals surface area (Å²) in [5.41, 5.74) is 6.78. The molecule has 132 valence electrons. The van der Waals surface area contributed by atoms with Crippen LogP contribution < -0.4 is 15.8 Å². The zero-order valence-electron chi connectivity index (χ0n) is 13.4. The zero-order chi connectivity index (χ0) is 17.2. The molecule has 0 bridgehead atoms. The fourth-order valence-electron chi connectivity index (χ4n) is 2.06. The first-order chi connectivity index (χ1) is 10.7. The number of aromatic nitrogens is 1. The van der Waals surface area contributed by atoms with Crippen molar-refractivity contribution in [2.45, 2.75) is 31.7 Å². The molecule has 0 radical (unpaired) electrons. The molecule has 24 heavy (non-hydrogen) atoms. The Labute approximate surface area is 146 Å². The number of nitrogens with two attached hydrogens (primary N) is 1. The lowest BCUT2D eigenvalue weighted by molar-refractivity contribution is -0.117. The number of halogens is 1. The van der Waals surface area contributed by atoms with Crippen molar-refractivity contribution in [3.8, 4) is 0 Å². The monoisotopic (exact) mass is 374 g/mol. The number of rotatable bonds is 5. The van der Waals surface area contributed by atoms with Gasteiger partial charge in [0.25, 0.3) is 0 Å². The van der Waals surface area contributed by atoms with E-state index in [2.05, 4.69) is 15.2 Å². The first kappa shape index (κ1) is 19.9. The zero-order valence-corrected chi connectivity index (χ0v) is 15.0. The van der Waals surface area contributed by atoms with E-state index in [1.165, 1.54) is 20.8 Å². The Kier molecular flexibility index (Phi) is 6.35. The van der Waals surface area contributed by atoms with Gasteiger partial charge in [0, 0.05) is 0 Å². The van der Waals surface area contributed by atoms with Crippen LogP contribution in [0.25, 0.3) is 0 Å². The molecule has 4 N–H and O–H groups in total. The summed E-state index contributed by atoms with van der Waals surface area (Å²) in [6.07, 6.45) is 0. The van der Waals surface area contributed by atoms with Crippen molar-refractivity contribution in [1.82, 2.24) is 9.88 Å². The number of hydrogen-bond donors (Lipinski definition) is 3. The second-order valence-electron chi connectivity index (χ2n) is 5.07. The minimum absolute atomic E-state index is 0. The summed E-state index contributed by atoms with van der Waals surface area (Å²) in [5, 5.41) is 6.18. The molecule has 0 saturated heterocycles. The number of aryl methyl sites for hydroxylation is 2. The topological polar surface area (TPSA) is 127 Å². The van der Waals surface area contributed by atoms with Crippen LogP contribution in [-0.2, 0) is 14.8 Å². The second-order valence-corrected chi connectivity index (χ2v) is 6.72. The Bertz CT molecular complexity index is 816. The van der Waals surface area contributed by atoms with Gasteiger partial charge in [-0.15, -0.1) is 12.4 Å². The van der Waals surface area contributed by atoms with Crippen LogP contribution in [0.15, 0.2) is 33.7 Å². The van der Waals surface area contributed by atoms with E-state index in [0.29, 0.717) is 11.4 Å². The van der Waals surface area contributed by atoms with Crippen LogP contribution >= 0.6 is 12.4 Å². The van der Waals surface area contributed by atoms with E-state index in [4.69, 9.17) is 10.3 Å². The Balaban J connectivity index is 0.00000288. The standard InChI is InChI=1S/C14H18N4O4S.ClH/c1-8-13(10(3)22-17-8)23(20,21)18-9(2)14(19)16-12-7-5-4-6-11(12)15;/h4-7,9,18H,15H2,1-3H3,(H,16,19);1H. The van der Waals surface area contributed by atoms with Gasteiger partial charge in [0.2, 0.25) is 15.9 Å². The summed E-state index contributed by atoms with van der Waals surface area (Å²) in [7, 11) is -3.92. The van der Waals surface area contributed by atoms with Crippen molar-refractivity contribution in [2.24, 2.45) is 0 Å². The number of benzene rings is 1. The largest absolute Gasteiger partial charge is 0.397 e. The number of carbonyl (C=O) groups excluding carboxylic acids is 1. The molecule has 2 aromatic rings. The summed E-state index contributed by atoms with van der Waals surface area (Å²) in [5.74, 6) is -0.367. The van der Waals surface area contributed by atoms with E-state index in [-0.39, 0.29) is 28.8 Å². The Morgan fingerprint density at radius 3 is 2.46 bits per heavy atom. The highest BCUT2D eigenvalue weighted by Gasteiger charge is 2.28. The van der Waals surface area contributed by atoms with Crippen LogP contribution in [0.1, 0.15) is 18.4 Å². The van der Waals surface area contributed by atoms with Crippen LogP contribution in [0, 0.1) is 13.8 Å². The molecule has 0 aliphatic heterocycles. The average molecular weight is 375 g/mol. The van der Waals surface area contributed by atoms with Crippen LogP contribution in [0.5, 0.6) is 0 Å². The minimum Gasteiger partial charge on any atom is -0.397 e. The molecule has 1 atom stereocenters. The molecule has 8 nitrogen and oxygen atoms in total. The van der Waals surface area contributed by atoms with Gasteiger partial charge in [-0.2, -0.15) is 4.72 Å². The molecule has 1 unspecified atom stereocenters. The molecule has 0 aliphatic rings. The van der Waals surface area contributed by atoms with E-state index < -0.39 is 22.0 Å². The third-order valence-electron chi connectivity index (χ3n) is 3.18. The predicted molar refractivity (Wildman–Crippen MR) is 92.5 cm³/mol. The van der Waals surface area contributed by atoms with E-state index in [0.717, 1.165) is 0 Å². The first-order valence-corrected chi connectivity index (χ1v) is 8.31. The number of anilines is 2. The van der Waals surface area contributed by atoms with Crippen molar-refractivity contribution in [3.63, 3.8) is 0 Å². The van der Waals surface area contributed by atoms with Crippen molar-refractivity contribution in [1.29, 1.82) is 0 Å². The third-order valence-corrected chi connectivity index (χ3v) is 4.96. The number of carbonyl (C=O) groups is 1. The molecule has 1 amide bonds. The Hall–Kier alpha value is -2.10. The maximum Gasteiger partial charge on any atom is 0.246 e. The summed E-state index contributed by atoms with van der Waals surface area (Å²) in [4.78, 5) is 12.1. The van der Waals surface area contributed by atoms with Crippen LogP contribution in [0.2, 0.25) is 0 Å². The number of para-hydroxylation sites is 2. The molecule has 1 heterocycles. The maximum atomic E-state index is 12.4. The molecular formula is C14H19ClN4O4S. The summed E-state index contributed by atoms with van der Waals surface area (Å²) in [6, 6.07) is 5.70. The van der Waals surface area contributed by atoms with Gasteiger partial charge < -0.3 is 15.6 Å². The smallest absolute Gasteiger partial charge is 0.246 e. The highest BCUT2D eigenvalue weighted by molar-refractivity contribution is 7.89. The quantitative estimate of drug-likeness (QED) is 0.682. The SMILES string of the molecule is Cc1noc(C)c1S(=O)(=O)NC(C)C(=O)Nc1ccccc1N.Cl. The second kappa shape index (κ2) is 7.65. The van der Waals surface area contributed by atoms with Crippen LogP contribution in [0.4, 0.5) is 11.4 Å². The van der Waals surface area contributed by atoms with Gasteiger partial charge >= 0.3 is 0 Å². The number of nitrogen functional groups attached to an aromatic ring is 1. The molecule has 0 aliphatic carbocycles. The summed E-state index contributed by atoms with van der Waals surface area (Å²) >= 11 is 0. The normalized spacial score (nSPS) is 12.3. The molecule has 2 rings (SSSR count). The maximum absolute atomic E-state index is 12.4. The molecule has 0 fully saturated rings. The van der Waals surface area contributed by atoms with Gasteiger partial charge in [0.1, 0.15) is 10.6 Å². The highest BCUT2D eigenvalue weighted by Crippen LogP contribution is 2.20. The van der Waals surface area contributed by atoms with E-state index in [1.54, 1.807) is 24.3 Å². The fraction of sp³-hybridized carbons (Fsp3) is 0.286. The van der Waals surface area contributed by atoms with Gasteiger partial charge in [-0.1, -0.05) is 17.3 Å². The van der Waals surface area contributed by atoms with Crippen LogP contribution in [-0.4, -0.2) is 25.5 Å². The van der Waals surface area contributed by atoms with Crippen molar-refractivity contribution in [3.05, 3.63) is 35.7 Å². The minimum atomic E-state index is -3.92. The van der Waals surface area contributed by atoms with E-state index in [1.807, 2.05) is 0 Å². The van der Waals surface area contributed by atoms with Gasteiger partial charge in [-0.3, -0.25) is 4.79 Å². The molecule has 1 aromatic carbocycles. The lowest BCUT2D eigenvalue weighted by Gasteiger charge is -2.15. The molecule has 0 spiro atoms. The van der Waals surface area contributed by atoms with E-state index >= 15 is 0 Å². The Morgan fingerprint density at radius 1 is 1.29 bits per heavy atom. The van der Waals surface area contributed by atoms with Crippen molar-refractivity contribution >= 4 is 39.7 Å². The number of sulfonamides is 1. The molecule has 0 saturated carbocycles. The number of nitrogens with one attached hydrogen (secondary N) is 2. The molecule has 10 heteroatoms. The van der Waals surface area contributed by atoms with Gasteiger partial charge in [-0.05, 0) is 32.9 Å². The van der Waals surface area contributed by atoms with E-state index in [9.17, 15) is 13.2 Å². The highest BCUT2D eigenvalue weighted by atomic mass is 35.5. The van der Waals surface area contributed by atoms with Crippen LogP contribution in [0.3, 0.4) is 0 Å². The summed E-state index contributed by atoms with van der Waals surface area (Å²) < 4.78 is 31.9. The Morgan fingerprint density at radius 2 is 1.92 bits per heavy atom. The third kappa shape index (κ3) is 4.25. The number of hydrogen-bond acceptors (Lipinski definition) is 6. The number of amides is 1. The lowest BCUT2D eigenvalue weighted by atomic mass is 10.2. The molecule has 1 aromatic heterocycles. The molecular weight excluding hydrogens is 356 g/mol. The fourth-order valence-corrected chi connectivity index (χ4v) is 3.59. The first-order valence-electron chi connectivity index (χ1n) is 6.83. The predicted octanol–water partition coefficient (Wildman–Crippen LogP) is 1.60. The van der Waals surface area contributed by atoms with Crippen molar-refractivity contribution < 1.29 is 17.7 Å². The van der Waals surface area contributed by atoms with Gasteiger partial charge in [0.15, 0.2) is 5.76 Å². The van der Waals surface area contributed by atoms with Gasteiger partial charge in [0.05, 0.1) is 17.4 Å². The van der Waals surface area contributed by atoms with Gasteiger partial charge in [-0.25, -0.2) is 8.42 Å².